The molecule has 3 atom stereocenters. The molecule has 3 aliphatic heterocycles. The van der Waals surface area contributed by atoms with E-state index < -0.39 is 11.4 Å². The van der Waals surface area contributed by atoms with Crippen LogP contribution in [0.3, 0.4) is 0 Å². The second kappa shape index (κ2) is 7.01. The highest BCUT2D eigenvalue weighted by molar-refractivity contribution is 6.03. The first kappa shape index (κ1) is 18.6. The molecule has 28 heavy (non-hydrogen) atoms. The highest BCUT2D eigenvalue weighted by Gasteiger charge is 2.54. The van der Waals surface area contributed by atoms with Gasteiger partial charge >= 0.3 is 5.97 Å². The van der Waals surface area contributed by atoms with E-state index in [2.05, 4.69) is 5.32 Å². The standard InChI is InChI=1S/C20H22N2O6/c23-16-8-14(17(24)21-16)7-12-1-3-13(4-2-12)18(25)22-9-15-10-28-6-5-20(15,11-22)19(26)27/h1-4,14-15H,5-11H2,(H,26,27)(H,21,23,24)/t14?,15-,20+/m0/s1. The lowest BCUT2D eigenvalue weighted by atomic mass is 9.74. The molecule has 2 N–H and O–H groups in total. The number of carbonyl (C=O) groups excluding carboxylic acids is 3. The van der Waals surface area contributed by atoms with Crippen LogP contribution in [0.15, 0.2) is 24.3 Å². The summed E-state index contributed by atoms with van der Waals surface area (Å²) in [6.07, 6.45) is 1.04. The monoisotopic (exact) mass is 386 g/mol. The first-order valence-electron chi connectivity index (χ1n) is 9.42. The zero-order valence-electron chi connectivity index (χ0n) is 15.3. The second-order valence-corrected chi connectivity index (χ2v) is 7.88. The van der Waals surface area contributed by atoms with Gasteiger partial charge in [0, 0.05) is 37.6 Å². The molecule has 4 rings (SSSR count). The van der Waals surface area contributed by atoms with Gasteiger partial charge in [0.25, 0.3) is 5.91 Å². The molecule has 3 fully saturated rings. The molecule has 0 aromatic heterocycles. The molecule has 3 amide bonds. The van der Waals surface area contributed by atoms with Crippen LogP contribution in [0.25, 0.3) is 0 Å². The zero-order chi connectivity index (χ0) is 19.9. The third-order valence-corrected chi connectivity index (χ3v) is 6.17. The lowest BCUT2D eigenvalue weighted by Crippen LogP contribution is -2.45. The van der Waals surface area contributed by atoms with Gasteiger partial charge in [-0.3, -0.25) is 24.5 Å². The molecule has 0 saturated carbocycles. The largest absolute Gasteiger partial charge is 0.481 e. The Morgan fingerprint density at radius 1 is 1.25 bits per heavy atom. The summed E-state index contributed by atoms with van der Waals surface area (Å²) in [5.74, 6) is -2.14. The maximum Gasteiger partial charge on any atom is 0.311 e. The zero-order valence-corrected chi connectivity index (χ0v) is 15.3. The number of carboxylic acids is 1. The van der Waals surface area contributed by atoms with E-state index in [0.717, 1.165) is 5.56 Å². The van der Waals surface area contributed by atoms with Crippen molar-refractivity contribution < 1.29 is 29.0 Å². The number of carboxylic acid groups (broad SMARTS) is 1. The van der Waals surface area contributed by atoms with Crippen LogP contribution in [0, 0.1) is 17.3 Å². The van der Waals surface area contributed by atoms with Crippen molar-refractivity contribution in [2.45, 2.75) is 19.3 Å². The lowest BCUT2D eigenvalue weighted by molar-refractivity contribution is -0.157. The van der Waals surface area contributed by atoms with Crippen LogP contribution in [-0.2, 0) is 25.5 Å². The van der Waals surface area contributed by atoms with Crippen LogP contribution in [-0.4, -0.2) is 60.0 Å². The van der Waals surface area contributed by atoms with Gasteiger partial charge in [-0.1, -0.05) is 12.1 Å². The molecular weight excluding hydrogens is 364 g/mol. The van der Waals surface area contributed by atoms with E-state index in [0.29, 0.717) is 38.2 Å². The van der Waals surface area contributed by atoms with Crippen molar-refractivity contribution in [2.24, 2.45) is 17.3 Å². The second-order valence-electron chi connectivity index (χ2n) is 7.88. The Kier molecular flexibility index (Phi) is 4.66. The molecule has 0 aliphatic carbocycles. The predicted molar refractivity (Wildman–Crippen MR) is 96.3 cm³/mol. The minimum atomic E-state index is -0.920. The van der Waals surface area contributed by atoms with Crippen molar-refractivity contribution in [2.75, 3.05) is 26.3 Å². The Morgan fingerprint density at radius 3 is 2.61 bits per heavy atom. The van der Waals surface area contributed by atoms with Gasteiger partial charge in [-0.15, -0.1) is 0 Å². The van der Waals surface area contributed by atoms with E-state index in [1.165, 1.54) is 0 Å². The SMILES string of the molecule is O=C1CC(Cc2ccc(C(=O)N3C[C@H]4COCC[C@@]4(C(=O)O)C3)cc2)C(=O)N1. The van der Waals surface area contributed by atoms with Crippen molar-refractivity contribution in [1.29, 1.82) is 0 Å². The lowest BCUT2D eigenvalue weighted by Gasteiger charge is -2.33. The molecule has 1 aromatic rings. The summed E-state index contributed by atoms with van der Waals surface area (Å²) >= 11 is 0. The van der Waals surface area contributed by atoms with Crippen LogP contribution in [0.4, 0.5) is 0 Å². The summed E-state index contributed by atoms with van der Waals surface area (Å²) in [5.41, 5.74) is 0.434. The molecule has 3 aliphatic rings. The Hall–Kier alpha value is -2.74. The van der Waals surface area contributed by atoms with E-state index in [1.807, 2.05) is 0 Å². The molecule has 3 saturated heterocycles. The Morgan fingerprint density at radius 2 is 2.00 bits per heavy atom. The first-order valence-corrected chi connectivity index (χ1v) is 9.42. The summed E-state index contributed by atoms with van der Waals surface area (Å²) < 4.78 is 5.43. The van der Waals surface area contributed by atoms with Gasteiger partial charge in [0.1, 0.15) is 0 Å². The highest BCUT2D eigenvalue weighted by Crippen LogP contribution is 2.42. The van der Waals surface area contributed by atoms with E-state index in [4.69, 9.17) is 4.74 Å². The number of nitrogens with zero attached hydrogens (tertiary/aromatic N) is 1. The molecule has 0 spiro atoms. The fraction of sp³-hybridized carbons (Fsp3) is 0.500. The van der Waals surface area contributed by atoms with Crippen LogP contribution in [0.5, 0.6) is 0 Å². The number of ether oxygens (including phenoxy) is 1. The fourth-order valence-corrected chi connectivity index (χ4v) is 4.48. The average Bonchev–Trinajstić information content (AvgIpc) is 3.22. The van der Waals surface area contributed by atoms with Crippen LogP contribution in [0.1, 0.15) is 28.8 Å². The molecule has 148 valence electrons. The number of hydrogen-bond donors (Lipinski definition) is 2. The maximum atomic E-state index is 12.9. The number of likely N-dealkylation sites (tertiary alicyclic amines) is 1. The van der Waals surface area contributed by atoms with E-state index >= 15 is 0 Å². The molecule has 3 heterocycles. The van der Waals surface area contributed by atoms with Gasteiger partial charge in [-0.2, -0.15) is 0 Å². The summed E-state index contributed by atoms with van der Waals surface area (Å²) in [4.78, 5) is 49.4. The Bertz CT molecular complexity index is 836. The van der Waals surface area contributed by atoms with Gasteiger partial charge in [-0.05, 0) is 30.5 Å². The van der Waals surface area contributed by atoms with E-state index in [1.54, 1.807) is 29.2 Å². The summed E-state index contributed by atoms with van der Waals surface area (Å²) in [6.45, 7) is 1.33. The minimum absolute atomic E-state index is 0.189. The van der Waals surface area contributed by atoms with Gasteiger partial charge in [0.15, 0.2) is 0 Å². The topological polar surface area (TPSA) is 113 Å². The molecule has 8 nitrogen and oxygen atoms in total. The third-order valence-electron chi connectivity index (χ3n) is 6.17. The van der Waals surface area contributed by atoms with Crippen molar-refractivity contribution in [3.05, 3.63) is 35.4 Å². The quantitative estimate of drug-likeness (QED) is 0.727. The summed E-state index contributed by atoms with van der Waals surface area (Å²) in [6, 6.07) is 6.95. The number of aliphatic carboxylic acids is 1. The smallest absolute Gasteiger partial charge is 0.311 e. The summed E-state index contributed by atoms with van der Waals surface area (Å²) in [5, 5.41) is 12.0. The van der Waals surface area contributed by atoms with E-state index in [-0.39, 0.29) is 42.5 Å². The van der Waals surface area contributed by atoms with Gasteiger partial charge in [0.05, 0.1) is 17.9 Å². The number of nitrogens with one attached hydrogen (secondary N) is 1. The fourth-order valence-electron chi connectivity index (χ4n) is 4.48. The van der Waals surface area contributed by atoms with Crippen LogP contribution < -0.4 is 5.32 Å². The van der Waals surface area contributed by atoms with Gasteiger partial charge in [0.2, 0.25) is 11.8 Å². The number of amides is 3. The third kappa shape index (κ3) is 3.17. The number of hydrogen-bond acceptors (Lipinski definition) is 5. The number of carbonyl (C=O) groups is 4. The minimum Gasteiger partial charge on any atom is -0.481 e. The number of benzene rings is 1. The maximum absolute atomic E-state index is 12.9. The van der Waals surface area contributed by atoms with Crippen molar-refractivity contribution in [1.82, 2.24) is 10.2 Å². The molecule has 0 bridgehead atoms. The number of imide groups is 1. The normalized spacial score (nSPS) is 29.5. The first-order chi connectivity index (χ1) is 13.4. The molecule has 0 radical (unpaired) electrons. The molecule has 1 unspecified atom stereocenters. The van der Waals surface area contributed by atoms with Crippen molar-refractivity contribution >= 4 is 23.7 Å². The Labute approximate surface area is 161 Å². The van der Waals surface area contributed by atoms with Gasteiger partial charge < -0.3 is 14.7 Å². The molecule has 8 heteroatoms. The Balaban J connectivity index is 1.45. The predicted octanol–water partition coefficient (Wildman–Crippen LogP) is 0.455. The van der Waals surface area contributed by atoms with Crippen molar-refractivity contribution in [3.8, 4) is 0 Å². The molecular formula is C20H22N2O6. The highest BCUT2D eigenvalue weighted by atomic mass is 16.5. The number of rotatable bonds is 4. The van der Waals surface area contributed by atoms with E-state index in [9.17, 15) is 24.3 Å². The number of fused-ring (bicyclic) bond motifs is 1. The van der Waals surface area contributed by atoms with Crippen LogP contribution in [0.2, 0.25) is 0 Å². The van der Waals surface area contributed by atoms with Gasteiger partial charge in [-0.25, -0.2) is 0 Å². The van der Waals surface area contributed by atoms with Crippen molar-refractivity contribution in [3.63, 3.8) is 0 Å². The molecule has 1 aromatic carbocycles. The average molecular weight is 386 g/mol. The van der Waals surface area contributed by atoms with Crippen LogP contribution >= 0.6 is 0 Å². The summed E-state index contributed by atoms with van der Waals surface area (Å²) in [7, 11) is 0.